The topological polar surface area (TPSA) is 78.9 Å². The van der Waals surface area contributed by atoms with Crippen LogP contribution in [-0.4, -0.2) is 37.2 Å². The van der Waals surface area contributed by atoms with Crippen LogP contribution in [0.2, 0.25) is 0 Å². The molecule has 418 valence electrons. The van der Waals surface area contributed by atoms with Gasteiger partial charge in [0, 0.05) is 19.3 Å². The molecule has 0 saturated heterocycles. The molecule has 6 heteroatoms. The summed E-state index contributed by atoms with van der Waals surface area (Å²) in [5.74, 6) is -0.876. The highest BCUT2D eigenvalue weighted by Gasteiger charge is 2.19. The van der Waals surface area contributed by atoms with Crippen LogP contribution in [0.15, 0.2) is 60.8 Å². The molecule has 72 heavy (non-hydrogen) atoms. The normalized spacial score (nSPS) is 12.4. The Balaban J connectivity index is 4.33. The molecule has 0 saturated carbocycles. The van der Waals surface area contributed by atoms with E-state index in [-0.39, 0.29) is 31.1 Å². The zero-order valence-electron chi connectivity index (χ0n) is 47.9. The number of hydrogen-bond acceptors (Lipinski definition) is 6. The van der Waals surface area contributed by atoms with E-state index in [4.69, 9.17) is 14.2 Å². The van der Waals surface area contributed by atoms with Gasteiger partial charge in [-0.05, 0) is 83.5 Å². The zero-order chi connectivity index (χ0) is 52.2. The number of rotatable bonds is 57. The molecule has 0 aliphatic carbocycles. The molecular weight excluding hydrogens is 889 g/mol. The van der Waals surface area contributed by atoms with Gasteiger partial charge in [-0.1, -0.05) is 281 Å². The largest absolute Gasteiger partial charge is 0.462 e. The van der Waals surface area contributed by atoms with E-state index >= 15 is 0 Å². The van der Waals surface area contributed by atoms with Crippen LogP contribution in [0.25, 0.3) is 0 Å². The fraction of sp³-hybridized carbons (Fsp3) is 0.803. The summed E-state index contributed by atoms with van der Waals surface area (Å²) in [6, 6.07) is 0. The highest BCUT2D eigenvalue weighted by molar-refractivity contribution is 5.71. The van der Waals surface area contributed by atoms with Crippen molar-refractivity contribution in [1.82, 2.24) is 0 Å². The smallest absolute Gasteiger partial charge is 0.306 e. The Kier molecular flexibility index (Phi) is 58.2. The zero-order valence-corrected chi connectivity index (χ0v) is 47.9. The first-order valence-electron chi connectivity index (χ1n) is 31.3. The van der Waals surface area contributed by atoms with Crippen LogP contribution in [-0.2, 0) is 28.6 Å². The second-order valence-electron chi connectivity index (χ2n) is 20.9. The Morgan fingerprint density at radius 3 is 0.875 bits per heavy atom. The number of carbonyl (C=O) groups excluding carboxylic acids is 3. The Hall–Kier alpha value is -2.89. The lowest BCUT2D eigenvalue weighted by molar-refractivity contribution is -0.167. The van der Waals surface area contributed by atoms with Gasteiger partial charge in [0.05, 0.1) is 0 Å². The van der Waals surface area contributed by atoms with Crippen LogP contribution in [0.5, 0.6) is 0 Å². The number of esters is 3. The number of allylic oxidation sites excluding steroid dienone is 10. The van der Waals surface area contributed by atoms with Gasteiger partial charge in [0.15, 0.2) is 6.10 Å². The lowest BCUT2D eigenvalue weighted by atomic mass is 10.0. The molecule has 0 aliphatic rings. The fourth-order valence-corrected chi connectivity index (χ4v) is 9.08. The lowest BCUT2D eigenvalue weighted by Gasteiger charge is -2.18. The molecule has 0 radical (unpaired) electrons. The van der Waals surface area contributed by atoms with Crippen molar-refractivity contribution in [2.24, 2.45) is 0 Å². The van der Waals surface area contributed by atoms with Crippen LogP contribution in [0.3, 0.4) is 0 Å². The number of hydrogen-bond donors (Lipinski definition) is 0. The molecule has 1 unspecified atom stereocenters. The Morgan fingerprint density at radius 1 is 0.292 bits per heavy atom. The van der Waals surface area contributed by atoms with E-state index in [1.165, 1.54) is 186 Å². The average molecular weight is 1010 g/mol. The van der Waals surface area contributed by atoms with Gasteiger partial charge in [-0.15, -0.1) is 0 Å². The second kappa shape index (κ2) is 60.7. The highest BCUT2D eigenvalue weighted by atomic mass is 16.6. The summed E-state index contributed by atoms with van der Waals surface area (Å²) >= 11 is 0. The molecule has 0 bridgehead atoms. The molecule has 0 amide bonds. The molecule has 0 fully saturated rings. The minimum Gasteiger partial charge on any atom is -0.462 e. The third-order valence-electron chi connectivity index (χ3n) is 13.8. The van der Waals surface area contributed by atoms with Crippen LogP contribution in [0, 0.1) is 0 Å². The van der Waals surface area contributed by atoms with Gasteiger partial charge < -0.3 is 14.2 Å². The van der Waals surface area contributed by atoms with E-state index in [1.807, 2.05) is 0 Å². The molecule has 0 aromatic heterocycles. The molecule has 6 nitrogen and oxygen atoms in total. The molecule has 0 aliphatic heterocycles. The highest BCUT2D eigenvalue weighted by Crippen LogP contribution is 2.17. The number of carbonyl (C=O) groups is 3. The molecule has 0 rings (SSSR count). The van der Waals surface area contributed by atoms with E-state index < -0.39 is 6.10 Å². The summed E-state index contributed by atoms with van der Waals surface area (Å²) in [6.07, 6.45) is 76.5. The molecule has 1 atom stereocenters. The second-order valence-corrected chi connectivity index (χ2v) is 20.9. The summed E-state index contributed by atoms with van der Waals surface area (Å²) in [4.78, 5) is 38.3. The quantitative estimate of drug-likeness (QED) is 0.0261. The third-order valence-corrected chi connectivity index (χ3v) is 13.8. The lowest BCUT2D eigenvalue weighted by Crippen LogP contribution is -2.30. The van der Waals surface area contributed by atoms with Gasteiger partial charge in [0.25, 0.3) is 0 Å². The molecule has 0 N–H and O–H groups in total. The van der Waals surface area contributed by atoms with Gasteiger partial charge in [-0.2, -0.15) is 0 Å². The monoisotopic (exact) mass is 1010 g/mol. The number of unbranched alkanes of at least 4 members (excludes halogenated alkanes) is 36. The van der Waals surface area contributed by atoms with Gasteiger partial charge in [0.1, 0.15) is 13.2 Å². The summed E-state index contributed by atoms with van der Waals surface area (Å²) in [7, 11) is 0. The van der Waals surface area contributed by atoms with Crippen molar-refractivity contribution >= 4 is 17.9 Å². The van der Waals surface area contributed by atoms with E-state index in [0.29, 0.717) is 19.3 Å². The van der Waals surface area contributed by atoms with Gasteiger partial charge in [-0.25, -0.2) is 0 Å². The van der Waals surface area contributed by atoms with Crippen molar-refractivity contribution in [2.45, 2.75) is 329 Å². The van der Waals surface area contributed by atoms with E-state index in [9.17, 15) is 14.4 Å². The number of ether oxygens (including phenoxy) is 3. The summed E-state index contributed by atoms with van der Waals surface area (Å²) in [6.45, 7) is 6.54. The van der Waals surface area contributed by atoms with Gasteiger partial charge in [-0.3, -0.25) is 14.4 Å². The van der Waals surface area contributed by atoms with Crippen molar-refractivity contribution in [3.8, 4) is 0 Å². The molecule has 0 aromatic rings. The first-order valence-corrected chi connectivity index (χ1v) is 31.3. The van der Waals surface area contributed by atoms with Gasteiger partial charge >= 0.3 is 17.9 Å². The predicted octanol–water partition coefficient (Wildman–Crippen LogP) is 21.2. The standard InChI is InChI=1S/C66H118O6/c1-4-7-10-13-16-19-22-25-27-29-31-33-35-36-38-41-44-47-50-53-56-59-65(68)71-62-63(61-70-64(67)58-55-52-49-46-43-40-24-21-18-15-12-9-6-3)72-66(69)60-57-54-51-48-45-42-39-37-34-32-30-28-26-23-20-17-14-11-8-5-2/h7,10,16,19,21,24-25,27,31,33,63H,4-6,8-9,11-15,17-18,20,22-23,26,28-30,32,34-62H2,1-3H3/b10-7-,19-16-,24-21-,27-25-,33-31-. The van der Waals surface area contributed by atoms with Crippen molar-refractivity contribution in [2.75, 3.05) is 13.2 Å². The molecule has 0 aromatic carbocycles. The van der Waals surface area contributed by atoms with E-state index in [0.717, 1.165) is 96.3 Å². The van der Waals surface area contributed by atoms with E-state index in [2.05, 4.69) is 81.5 Å². The fourth-order valence-electron chi connectivity index (χ4n) is 9.08. The van der Waals surface area contributed by atoms with Crippen molar-refractivity contribution < 1.29 is 28.6 Å². The van der Waals surface area contributed by atoms with Gasteiger partial charge in [0.2, 0.25) is 0 Å². The molecule has 0 heterocycles. The SMILES string of the molecule is CC/C=C\C/C=C\C/C=C\C/C=C\CCCCCCCCCCC(=O)OCC(COC(=O)CCCCCCC/C=C\CCCCCC)OC(=O)CCCCCCCCCCCCCCCCCCCCCC. The van der Waals surface area contributed by atoms with Crippen molar-refractivity contribution in [3.05, 3.63) is 60.8 Å². The third kappa shape index (κ3) is 58.0. The average Bonchev–Trinajstić information content (AvgIpc) is 3.38. The maximum Gasteiger partial charge on any atom is 0.306 e. The van der Waals surface area contributed by atoms with Crippen LogP contribution in [0.1, 0.15) is 323 Å². The Bertz CT molecular complexity index is 1290. The van der Waals surface area contributed by atoms with Crippen LogP contribution < -0.4 is 0 Å². The Morgan fingerprint density at radius 2 is 0.542 bits per heavy atom. The minimum atomic E-state index is -0.780. The molecular formula is C66H118O6. The summed E-state index contributed by atoms with van der Waals surface area (Å²) in [5, 5.41) is 0. The summed E-state index contributed by atoms with van der Waals surface area (Å²) in [5.41, 5.74) is 0. The van der Waals surface area contributed by atoms with Crippen LogP contribution >= 0.6 is 0 Å². The Labute approximate surface area is 447 Å². The first-order chi connectivity index (χ1) is 35.5. The maximum absolute atomic E-state index is 12.9. The minimum absolute atomic E-state index is 0.0780. The van der Waals surface area contributed by atoms with Crippen molar-refractivity contribution in [1.29, 1.82) is 0 Å². The molecule has 0 spiro atoms. The first kappa shape index (κ1) is 69.1. The maximum atomic E-state index is 12.9. The summed E-state index contributed by atoms with van der Waals surface area (Å²) < 4.78 is 16.9. The van der Waals surface area contributed by atoms with Crippen LogP contribution in [0.4, 0.5) is 0 Å². The van der Waals surface area contributed by atoms with Crippen molar-refractivity contribution in [3.63, 3.8) is 0 Å². The van der Waals surface area contributed by atoms with E-state index in [1.54, 1.807) is 0 Å². The predicted molar refractivity (Wildman–Crippen MR) is 312 cm³/mol.